The molecule has 23 heavy (non-hydrogen) atoms. The molecule has 0 saturated carbocycles. The monoisotopic (exact) mass is 322 g/mol. The molecular formula is C18H30N2O3. The lowest BCUT2D eigenvalue weighted by Crippen LogP contribution is -2.55. The summed E-state index contributed by atoms with van der Waals surface area (Å²) >= 11 is 0. The Labute approximate surface area is 139 Å². The first-order valence-corrected chi connectivity index (χ1v) is 8.49. The fourth-order valence-electron chi connectivity index (χ4n) is 3.03. The molecule has 1 aliphatic heterocycles. The van der Waals surface area contributed by atoms with Gasteiger partial charge in [0.25, 0.3) is 0 Å². The molecule has 0 spiro atoms. The Balaban J connectivity index is 1.99. The maximum absolute atomic E-state index is 12.4. The molecular weight excluding hydrogens is 292 g/mol. The zero-order valence-electron chi connectivity index (χ0n) is 15.2. The Morgan fingerprint density at radius 2 is 2.13 bits per heavy atom. The van der Waals surface area contributed by atoms with Gasteiger partial charge in [-0.15, -0.1) is 0 Å². The van der Waals surface area contributed by atoms with E-state index < -0.39 is 5.60 Å². The summed E-state index contributed by atoms with van der Waals surface area (Å²) in [6.07, 6.45) is 1.80. The first kappa shape index (κ1) is 17.9. The predicted molar refractivity (Wildman–Crippen MR) is 90.4 cm³/mol. The van der Waals surface area contributed by atoms with E-state index >= 15 is 0 Å². The number of likely N-dealkylation sites (tertiary alicyclic amines) is 1. The SMILES string of the molecule is Cc1ccc(C(C)NC2CCCN(C(=O)OC(C)(C)C)C2C)o1. The zero-order valence-corrected chi connectivity index (χ0v) is 15.2. The van der Waals surface area contributed by atoms with Crippen molar-refractivity contribution in [3.8, 4) is 0 Å². The largest absolute Gasteiger partial charge is 0.465 e. The molecule has 1 amide bonds. The lowest BCUT2D eigenvalue weighted by molar-refractivity contribution is 0.00629. The molecule has 1 aliphatic rings. The van der Waals surface area contributed by atoms with Crippen LogP contribution in [0.3, 0.4) is 0 Å². The minimum absolute atomic E-state index is 0.0945. The van der Waals surface area contributed by atoms with Crippen molar-refractivity contribution < 1.29 is 13.9 Å². The van der Waals surface area contributed by atoms with Crippen molar-refractivity contribution in [3.05, 3.63) is 23.7 Å². The predicted octanol–water partition coefficient (Wildman–Crippen LogP) is 4.03. The van der Waals surface area contributed by atoms with E-state index in [1.807, 2.05) is 44.7 Å². The molecule has 130 valence electrons. The Kier molecular flexibility index (Phi) is 5.40. The molecule has 2 heterocycles. The van der Waals surface area contributed by atoms with Crippen LogP contribution in [0.15, 0.2) is 16.5 Å². The number of hydrogen-bond donors (Lipinski definition) is 1. The lowest BCUT2D eigenvalue weighted by Gasteiger charge is -2.41. The number of nitrogens with zero attached hydrogens (tertiary/aromatic N) is 1. The topological polar surface area (TPSA) is 54.7 Å². The van der Waals surface area contributed by atoms with E-state index in [0.717, 1.165) is 30.9 Å². The van der Waals surface area contributed by atoms with Gasteiger partial charge in [-0.2, -0.15) is 0 Å². The van der Waals surface area contributed by atoms with Crippen molar-refractivity contribution in [1.29, 1.82) is 0 Å². The first-order chi connectivity index (χ1) is 10.7. The first-order valence-electron chi connectivity index (χ1n) is 8.49. The summed E-state index contributed by atoms with van der Waals surface area (Å²) in [6.45, 7) is 12.6. The van der Waals surface area contributed by atoms with Crippen molar-refractivity contribution in [3.63, 3.8) is 0 Å². The molecule has 5 heteroatoms. The Morgan fingerprint density at radius 1 is 1.43 bits per heavy atom. The van der Waals surface area contributed by atoms with Crippen molar-refractivity contribution in [1.82, 2.24) is 10.2 Å². The summed E-state index contributed by atoms with van der Waals surface area (Å²) in [7, 11) is 0. The van der Waals surface area contributed by atoms with Gasteiger partial charge in [-0.1, -0.05) is 0 Å². The number of rotatable bonds is 3. The minimum Gasteiger partial charge on any atom is -0.465 e. The third kappa shape index (κ3) is 4.74. The maximum Gasteiger partial charge on any atom is 0.410 e. The highest BCUT2D eigenvalue weighted by atomic mass is 16.6. The molecule has 2 rings (SSSR count). The fourth-order valence-corrected chi connectivity index (χ4v) is 3.03. The van der Waals surface area contributed by atoms with Gasteiger partial charge in [0.05, 0.1) is 6.04 Å². The third-order valence-corrected chi connectivity index (χ3v) is 4.27. The minimum atomic E-state index is -0.462. The average Bonchev–Trinajstić information content (AvgIpc) is 2.86. The molecule has 1 fully saturated rings. The van der Waals surface area contributed by atoms with E-state index in [0.29, 0.717) is 0 Å². The van der Waals surface area contributed by atoms with E-state index in [1.165, 1.54) is 0 Å². The van der Waals surface area contributed by atoms with Crippen LogP contribution in [0.2, 0.25) is 0 Å². The number of hydrogen-bond acceptors (Lipinski definition) is 4. The van der Waals surface area contributed by atoms with Gasteiger partial charge in [0, 0.05) is 18.6 Å². The summed E-state index contributed by atoms with van der Waals surface area (Å²) in [6, 6.07) is 4.43. The summed E-state index contributed by atoms with van der Waals surface area (Å²) in [5, 5.41) is 3.60. The normalized spacial score (nSPS) is 23.7. The quantitative estimate of drug-likeness (QED) is 0.913. The molecule has 0 aromatic carbocycles. The third-order valence-electron chi connectivity index (χ3n) is 4.27. The standard InChI is InChI=1S/C18H30N2O3/c1-12-9-10-16(22-12)13(2)19-15-8-7-11-20(14(15)3)17(21)23-18(4,5)6/h9-10,13-15,19H,7-8,11H2,1-6H3. The van der Waals surface area contributed by atoms with Crippen LogP contribution in [0.25, 0.3) is 0 Å². The van der Waals surface area contributed by atoms with Gasteiger partial charge in [-0.3, -0.25) is 0 Å². The highest BCUT2D eigenvalue weighted by Gasteiger charge is 2.34. The highest BCUT2D eigenvalue weighted by Crippen LogP contribution is 2.24. The molecule has 0 aliphatic carbocycles. The maximum atomic E-state index is 12.4. The number of carbonyl (C=O) groups is 1. The van der Waals surface area contributed by atoms with Crippen LogP contribution in [0.1, 0.15) is 65.0 Å². The van der Waals surface area contributed by atoms with E-state index in [1.54, 1.807) is 0 Å². The van der Waals surface area contributed by atoms with E-state index in [2.05, 4.69) is 19.2 Å². The van der Waals surface area contributed by atoms with Gasteiger partial charge < -0.3 is 19.4 Å². The summed E-state index contributed by atoms with van der Waals surface area (Å²) in [5.74, 6) is 1.85. The molecule has 3 unspecified atom stereocenters. The van der Waals surface area contributed by atoms with Crippen molar-refractivity contribution in [2.45, 2.75) is 78.1 Å². The van der Waals surface area contributed by atoms with Gasteiger partial charge in [0.1, 0.15) is 17.1 Å². The Morgan fingerprint density at radius 3 is 2.70 bits per heavy atom. The van der Waals surface area contributed by atoms with Gasteiger partial charge in [-0.05, 0) is 66.5 Å². The number of nitrogens with one attached hydrogen (secondary N) is 1. The highest BCUT2D eigenvalue weighted by molar-refractivity contribution is 5.68. The molecule has 1 aromatic heterocycles. The van der Waals surface area contributed by atoms with Crippen LogP contribution >= 0.6 is 0 Å². The van der Waals surface area contributed by atoms with E-state index in [-0.39, 0.29) is 24.2 Å². The summed E-state index contributed by atoms with van der Waals surface area (Å²) in [5.41, 5.74) is -0.462. The van der Waals surface area contributed by atoms with Crippen LogP contribution in [0.5, 0.6) is 0 Å². The van der Waals surface area contributed by atoms with Crippen molar-refractivity contribution in [2.75, 3.05) is 6.54 Å². The van der Waals surface area contributed by atoms with E-state index in [9.17, 15) is 4.79 Å². The Bertz CT molecular complexity index is 533. The lowest BCUT2D eigenvalue weighted by atomic mass is 9.97. The van der Waals surface area contributed by atoms with Crippen LogP contribution in [-0.4, -0.2) is 35.2 Å². The zero-order chi connectivity index (χ0) is 17.2. The molecule has 1 saturated heterocycles. The average molecular weight is 322 g/mol. The van der Waals surface area contributed by atoms with Gasteiger partial charge in [-0.25, -0.2) is 4.79 Å². The molecule has 1 aromatic rings. The van der Waals surface area contributed by atoms with Gasteiger partial charge in [0.2, 0.25) is 0 Å². The molecule has 1 N–H and O–H groups in total. The number of aryl methyl sites for hydroxylation is 1. The van der Waals surface area contributed by atoms with Gasteiger partial charge >= 0.3 is 6.09 Å². The molecule has 3 atom stereocenters. The van der Waals surface area contributed by atoms with Crippen molar-refractivity contribution in [2.24, 2.45) is 0 Å². The molecule has 5 nitrogen and oxygen atoms in total. The second-order valence-corrected chi connectivity index (χ2v) is 7.50. The van der Waals surface area contributed by atoms with Crippen LogP contribution < -0.4 is 5.32 Å². The molecule has 0 radical (unpaired) electrons. The fraction of sp³-hybridized carbons (Fsp3) is 0.722. The van der Waals surface area contributed by atoms with Crippen LogP contribution in [-0.2, 0) is 4.74 Å². The number of amides is 1. The Hall–Kier alpha value is -1.49. The molecule has 0 bridgehead atoms. The smallest absolute Gasteiger partial charge is 0.410 e. The van der Waals surface area contributed by atoms with Crippen LogP contribution in [0.4, 0.5) is 4.79 Å². The van der Waals surface area contributed by atoms with Gasteiger partial charge in [0.15, 0.2) is 0 Å². The van der Waals surface area contributed by atoms with Crippen molar-refractivity contribution >= 4 is 6.09 Å². The number of piperidine rings is 1. The summed E-state index contributed by atoms with van der Waals surface area (Å²) in [4.78, 5) is 14.2. The second-order valence-electron chi connectivity index (χ2n) is 7.50. The summed E-state index contributed by atoms with van der Waals surface area (Å²) < 4.78 is 11.2. The number of carbonyl (C=O) groups excluding carboxylic acids is 1. The second kappa shape index (κ2) is 6.95. The van der Waals surface area contributed by atoms with Crippen LogP contribution in [0, 0.1) is 6.92 Å². The van der Waals surface area contributed by atoms with E-state index in [4.69, 9.17) is 9.15 Å². The number of ether oxygens (including phenoxy) is 1. The number of furan rings is 1.